The van der Waals surface area contributed by atoms with Crippen LogP contribution in [0.1, 0.15) is 143 Å². The highest BCUT2D eigenvalue weighted by molar-refractivity contribution is 6.73. The standard InChI is InChI=1S/C26H56OSi/c1-5-9-10-11-12-13-14-15-16-17-18-19-20-21-22-23-27-28(24-6-2,25-7-3)26-8-4/h5-26H2,1-4H3. The fourth-order valence-corrected chi connectivity index (χ4v) is 9.21. The monoisotopic (exact) mass is 412 g/mol. The molecule has 0 amide bonds. The molecule has 0 bridgehead atoms. The van der Waals surface area contributed by atoms with Gasteiger partial charge in [-0.3, -0.25) is 0 Å². The van der Waals surface area contributed by atoms with Crippen molar-refractivity contribution in [2.24, 2.45) is 0 Å². The van der Waals surface area contributed by atoms with E-state index >= 15 is 0 Å². The van der Waals surface area contributed by atoms with Gasteiger partial charge in [-0.2, -0.15) is 0 Å². The summed E-state index contributed by atoms with van der Waals surface area (Å²) in [5, 5.41) is 0. The molecule has 1 nitrogen and oxygen atoms in total. The average Bonchev–Trinajstić information content (AvgIpc) is 2.68. The zero-order chi connectivity index (χ0) is 20.8. The Morgan fingerprint density at radius 2 is 0.714 bits per heavy atom. The summed E-state index contributed by atoms with van der Waals surface area (Å²) in [4.78, 5) is 0. The summed E-state index contributed by atoms with van der Waals surface area (Å²) in [6, 6.07) is 4.15. The average molecular weight is 413 g/mol. The minimum absolute atomic E-state index is 1.05. The highest BCUT2D eigenvalue weighted by Gasteiger charge is 2.31. The van der Waals surface area contributed by atoms with Gasteiger partial charge in [-0.05, 0) is 24.6 Å². The Bertz CT molecular complexity index is 275. The summed E-state index contributed by atoms with van der Waals surface area (Å²) >= 11 is 0. The van der Waals surface area contributed by atoms with Crippen LogP contribution in [0.2, 0.25) is 18.1 Å². The van der Waals surface area contributed by atoms with E-state index in [-0.39, 0.29) is 0 Å². The summed E-state index contributed by atoms with van der Waals surface area (Å²) in [5.41, 5.74) is 0. The van der Waals surface area contributed by atoms with Gasteiger partial charge >= 0.3 is 0 Å². The van der Waals surface area contributed by atoms with Crippen LogP contribution in [0.25, 0.3) is 0 Å². The first-order chi connectivity index (χ1) is 13.7. The van der Waals surface area contributed by atoms with Gasteiger partial charge in [0.05, 0.1) is 0 Å². The van der Waals surface area contributed by atoms with Gasteiger partial charge in [0.1, 0.15) is 0 Å². The second kappa shape index (κ2) is 21.9. The Hall–Kier alpha value is 0.177. The summed E-state index contributed by atoms with van der Waals surface area (Å²) in [6.45, 7) is 10.4. The fourth-order valence-electron chi connectivity index (χ4n) is 4.72. The van der Waals surface area contributed by atoms with Crippen LogP contribution in [-0.2, 0) is 4.43 Å². The molecule has 0 spiro atoms. The molecule has 0 aliphatic carbocycles. The van der Waals surface area contributed by atoms with Crippen molar-refractivity contribution >= 4 is 8.32 Å². The normalized spacial score (nSPS) is 12.0. The van der Waals surface area contributed by atoms with Crippen molar-refractivity contribution < 1.29 is 4.43 Å². The Kier molecular flexibility index (Phi) is 22.0. The summed E-state index contributed by atoms with van der Waals surface area (Å²) in [6.07, 6.45) is 25.5. The predicted octanol–water partition coefficient (Wildman–Crippen LogP) is 10.0. The van der Waals surface area contributed by atoms with Crippen molar-refractivity contribution in [2.75, 3.05) is 6.61 Å². The lowest BCUT2D eigenvalue weighted by Crippen LogP contribution is -2.38. The van der Waals surface area contributed by atoms with Crippen LogP contribution in [0.3, 0.4) is 0 Å². The van der Waals surface area contributed by atoms with Crippen LogP contribution >= 0.6 is 0 Å². The first-order valence-electron chi connectivity index (χ1n) is 13.4. The van der Waals surface area contributed by atoms with E-state index in [1.54, 1.807) is 0 Å². The number of hydrogen-bond acceptors (Lipinski definition) is 1. The van der Waals surface area contributed by atoms with E-state index in [0.29, 0.717) is 0 Å². The molecule has 0 aliphatic heterocycles. The van der Waals surface area contributed by atoms with Gasteiger partial charge in [0.15, 0.2) is 8.32 Å². The lowest BCUT2D eigenvalue weighted by molar-refractivity contribution is 0.283. The molecule has 0 aromatic rings. The maximum absolute atomic E-state index is 6.60. The minimum Gasteiger partial charge on any atom is -0.417 e. The second-order valence-electron chi connectivity index (χ2n) is 9.23. The zero-order valence-electron chi connectivity index (χ0n) is 20.5. The molecule has 170 valence electrons. The van der Waals surface area contributed by atoms with Crippen LogP contribution in [0, 0.1) is 0 Å². The Morgan fingerprint density at radius 1 is 0.393 bits per heavy atom. The Labute approximate surface area is 180 Å². The lowest BCUT2D eigenvalue weighted by Gasteiger charge is -2.31. The largest absolute Gasteiger partial charge is 0.417 e. The van der Waals surface area contributed by atoms with E-state index in [1.807, 2.05) is 0 Å². The molecule has 0 rings (SSSR count). The number of rotatable bonds is 23. The molecule has 0 fully saturated rings. The first-order valence-corrected chi connectivity index (χ1v) is 15.9. The molecular weight excluding hydrogens is 356 g/mol. The molecule has 0 unspecified atom stereocenters. The number of unbranched alkanes of at least 4 members (excludes halogenated alkanes) is 14. The maximum Gasteiger partial charge on any atom is 0.192 e. The summed E-state index contributed by atoms with van der Waals surface area (Å²) in [7, 11) is -1.40. The third-order valence-electron chi connectivity index (χ3n) is 6.27. The highest BCUT2D eigenvalue weighted by Crippen LogP contribution is 2.27. The fraction of sp³-hybridized carbons (Fsp3) is 1.00. The van der Waals surface area contributed by atoms with Gasteiger partial charge in [0.2, 0.25) is 0 Å². The summed E-state index contributed by atoms with van der Waals surface area (Å²) < 4.78 is 6.60. The van der Waals surface area contributed by atoms with Crippen LogP contribution in [0.4, 0.5) is 0 Å². The molecule has 0 saturated carbocycles. The molecular formula is C26H56OSi. The third-order valence-corrected chi connectivity index (χ3v) is 11.3. The van der Waals surface area contributed by atoms with Gasteiger partial charge in [-0.15, -0.1) is 0 Å². The van der Waals surface area contributed by atoms with Crippen LogP contribution in [-0.4, -0.2) is 14.9 Å². The van der Waals surface area contributed by atoms with Crippen LogP contribution in [0.15, 0.2) is 0 Å². The van der Waals surface area contributed by atoms with E-state index in [9.17, 15) is 0 Å². The molecule has 0 aromatic heterocycles. The van der Waals surface area contributed by atoms with E-state index < -0.39 is 8.32 Å². The molecule has 0 heterocycles. The van der Waals surface area contributed by atoms with Crippen molar-refractivity contribution in [1.29, 1.82) is 0 Å². The summed E-state index contributed by atoms with van der Waals surface area (Å²) in [5.74, 6) is 0. The van der Waals surface area contributed by atoms with Gasteiger partial charge in [0.25, 0.3) is 0 Å². The quantitative estimate of drug-likeness (QED) is 0.120. The lowest BCUT2D eigenvalue weighted by atomic mass is 10.0. The van der Waals surface area contributed by atoms with E-state index in [4.69, 9.17) is 4.43 Å². The Balaban J connectivity index is 3.46. The molecule has 2 heteroatoms. The van der Waals surface area contributed by atoms with Crippen molar-refractivity contribution in [1.82, 2.24) is 0 Å². The predicted molar refractivity (Wildman–Crippen MR) is 132 cm³/mol. The SMILES string of the molecule is CCCCCCCCCCCCCCCCCO[Si](CCC)(CCC)CCC. The Morgan fingerprint density at radius 3 is 1.04 bits per heavy atom. The third kappa shape index (κ3) is 17.1. The highest BCUT2D eigenvalue weighted by atomic mass is 28.4. The van der Waals surface area contributed by atoms with Gasteiger partial charge < -0.3 is 4.43 Å². The molecule has 0 atom stereocenters. The maximum atomic E-state index is 6.60. The smallest absolute Gasteiger partial charge is 0.192 e. The van der Waals surface area contributed by atoms with E-state index in [2.05, 4.69) is 27.7 Å². The van der Waals surface area contributed by atoms with Crippen LogP contribution < -0.4 is 0 Å². The zero-order valence-corrected chi connectivity index (χ0v) is 21.5. The van der Waals surface area contributed by atoms with E-state index in [1.165, 1.54) is 134 Å². The topological polar surface area (TPSA) is 9.23 Å². The molecule has 0 aromatic carbocycles. The van der Waals surface area contributed by atoms with Gasteiger partial charge in [-0.25, -0.2) is 0 Å². The molecule has 0 saturated heterocycles. The van der Waals surface area contributed by atoms with Crippen molar-refractivity contribution in [2.45, 2.75) is 161 Å². The first kappa shape index (κ1) is 28.2. The molecule has 0 aliphatic rings. The second-order valence-corrected chi connectivity index (χ2v) is 13.4. The minimum atomic E-state index is -1.40. The van der Waals surface area contributed by atoms with E-state index in [0.717, 1.165) is 6.61 Å². The van der Waals surface area contributed by atoms with Gasteiger partial charge in [-0.1, -0.05) is 137 Å². The number of hydrogen-bond donors (Lipinski definition) is 0. The van der Waals surface area contributed by atoms with Gasteiger partial charge in [0, 0.05) is 6.61 Å². The van der Waals surface area contributed by atoms with Crippen molar-refractivity contribution in [3.05, 3.63) is 0 Å². The molecule has 28 heavy (non-hydrogen) atoms. The molecule has 0 radical (unpaired) electrons. The molecule has 0 N–H and O–H groups in total. The van der Waals surface area contributed by atoms with Crippen molar-refractivity contribution in [3.8, 4) is 0 Å². The van der Waals surface area contributed by atoms with Crippen LogP contribution in [0.5, 0.6) is 0 Å². The van der Waals surface area contributed by atoms with Crippen molar-refractivity contribution in [3.63, 3.8) is 0 Å².